The number of benzene rings is 1. The average molecular weight is 327 g/mol. The van der Waals surface area contributed by atoms with Crippen molar-refractivity contribution in [2.24, 2.45) is 0 Å². The van der Waals surface area contributed by atoms with Crippen molar-refractivity contribution in [3.63, 3.8) is 0 Å². The molecule has 2 heterocycles. The van der Waals surface area contributed by atoms with E-state index in [0.717, 1.165) is 31.7 Å². The largest absolute Gasteiger partial charge is 0.314 e. The van der Waals surface area contributed by atoms with Crippen LogP contribution in [-0.2, 0) is 0 Å². The number of nitrogens with zero attached hydrogens (tertiary/aromatic N) is 1. The van der Waals surface area contributed by atoms with Gasteiger partial charge < -0.3 is 5.32 Å². The number of aryl methyl sites for hydroxylation is 1. The highest BCUT2D eigenvalue weighted by Crippen LogP contribution is 2.33. The highest BCUT2D eigenvalue weighted by Gasteiger charge is 2.25. The lowest BCUT2D eigenvalue weighted by atomic mass is 9.98. The zero-order valence-electron chi connectivity index (χ0n) is 12.0. The highest BCUT2D eigenvalue weighted by atomic mass is 35.5. The van der Waals surface area contributed by atoms with Crippen LogP contribution in [0.5, 0.6) is 0 Å². The molecule has 2 nitrogen and oxygen atoms in total. The van der Waals surface area contributed by atoms with E-state index in [1.54, 1.807) is 23.5 Å². The monoisotopic (exact) mass is 326 g/mol. The van der Waals surface area contributed by atoms with Gasteiger partial charge >= 0.3 is 0 Å². The molecule has 1 aliphatic heterocycles. The smallest absolute Gasteiger partial charge is 0.123 e. The second kappa shape index (κ2) is 7.36. The first kappa shape index (κ1) is 16.4. The minimum atomic E-state index is -0.156. The minimum Gasteiger partial charge on any atom is -0.314 e. The second-order valence-corrected chi connectivity index (χ2v) is 6.18. The van der Waals surface area contributed by atoms with Gasteiger partial charge in [0.1, 0.15) is 5.82 Å². The molecule has 0 saturated carbocycles. The predicted molar refractivity (Wildman–Crippen MR) is 89.0 cm³/mol. The van der Waals surface area contributed by atoms with Gasteiger partial charge in [-0.2, -0.15) is 0 Å². The summed E-state index contributed by atoms with van der Waals surface area (Å²) in [6.45, 7) is 6.09. The zero-order chi connectivity index (χ0) is 13.9. The molecule has 0 bridgehead atoms. The van der Waals surface area contributed by atoms with E-state index in [-0.39, 0.29) is 24.3 Å². The maximum absolute atomic E-state index is 13.4. The Morgan fingerprint density at radius 3 is 2.62 bits per heavy atom. The van der Waals surface area contributed by atoms with Gasteiger partial charge in [-0.05, 0) is 41.6 Å². The minimum absolute atomic E-state index is 0. The second-order valence-electron chi connectivity index (χ2n) is 5.20. The fourth-order valence-corrected chi connectivity index (χ4v) is 3.74. The Hall–Kier alpha value is -0.940. The first-order chi connectivity index (χ1) is 9.75. The van der Waals surface area contributed by atoms with E-state index in [1.165, 1.54) is 10.4 Å². The van der Waals surface area contributed by atoms with Crippen LogP contribution in [0.2, 0.25) is 0 Å². The first-order valence-electron chi connectivity index (χ1n) is 7.00. The lowest BCUT2D eigenvalue weighted by Gasteiger charge is -2.35. The van der Waals surface area contributed by atoms with Gasteiger partial charge in [-0.15, -0.1) is 23.7 Å². The Kier molecular flexibility index (Phi) is 5.76. The first-order valence-corrected chi connectivity index (χ1v) is 7.88. The Labute approximate surface area is 135 Å². The molecule has 1 fully saturated rings. The van der Waals surface area contributed by atoms with Crippen LogP contribution in [0.15, 0.2) is 35.7 Å². The number of piperazine rings is 1. The summed E-state index contributed by atoms with van der Waals surface area (Å²) in [4.78, 5) is 3.82. The number of thiophene rings is 1. The Morgan fingerprint density at radius 1 is 1.24 bits per heavy atom. The van der Waals surface area contributed by atoms with Gasteiger partial charge in [0.2, 0.25) is 0 Å². The molecule has 3 rings (SSSR count). The average Bonchev–Trinajstić information content (AvgIpc) is 2.97. The van der Waals surface area contributed by atoms with Crippen molar-refractivity contribution in [1.82, 2.24) is 10.2 Å². The van der Waals surface area contributed by atoms with Crippen molar-refractivity contribution >= 4 is 23.7 Å². The molecule has 0 spiro atoms. The summed E-state index contributed by atoms with van der Waals surface area (Å²) in [5, 5.41) is 5.51. The molecule has 0 radical (unpaired) electrons. The van der Waals surface area contributed by atoms with Crippen LogP contribution in [0, 0.1) is 12.7 Å². The molecule has 0 unspecified atom stereocenters. The van der Waals surface area contributed by atoms with Crippen molar-refractivity contribution < 1.29 is 4.39 Å². The molecule has 1 aromatic carbocycles. The third-order valence-electron chi connectivity index (χ3n) is 3.86. The summed E-state index contributed by atoms with van der Waals surface area (Å²) in [5.41, 5.74) is 2.25. The van der Waals surface area contributed by atoms with Crippen LogP contribution in [0.25, 0.3) is 0 Å². The van der Waals surface area contributed by atoms with Crippen molar-refractivity contribution in [3.05, 3.63) is 57.5 Å². The molecule has 2 aromatic rings. The third-order valence-corrected chi connectivity index (χ3v) is 4.78. The van der Waals surface area contributed by atoms with Crippen molar-refractivity contribution in [1.29, 1.82) is 0 Å². The molecule has 0 aliphatic carbocycles. The van der Waals surface area contributed by atoms with E-state index >= 15 is 0 Å². The van der Waals surface area contributed by atoms with Crippen molar-refractivity contribution in [2.45, 2.75) is 13.0 Å². The molecule has 1 aromatic heterocycles. The SMILES string of the molecule is Cc1cc(F)ccc1[C@H](c1cccs1)N1CCNCC1.Cl. The highest BCUT2D eigenvalue weighted by molar-refractivity contribution is 7.10. The van der Waals surface area contributed by atoms with Crippen molar-refractivity contribution in [2.75, 3.05) is 26.2 Å². The van der Waals surface area contributed by atoms with Gasteiger partial charge in [0, 0.05) is 31.1 Å². The summed E-state index contributed by atoms with van der Waals surface area (Å²) in [6, 6.07) is 9.67. The molecule has 1 atom stereocenters. The van der Waals surface area contributed by atoms with Gasteiger partial charge in [-0.1, -0.05) is 12.1 Å². The molecule has 1 N–H and O–H groups in total. The quantitative estimate of drug-likeness (QED) is 0.927. The summed E-state index contributed by atoms with van der Waals surface area (Å²) in [7, 11) is 0. The van der Waals surface area contributed by atoms with Crippen LogP contribution >= 0.6 is 23.7 Å². The molecule has 1 aliphatic rings. The standard InChI is InChI=1S/C16H19FN2S.ClH/c1-12-11-13(17)4-5-14(12)16(15-3-2-10-20-15)19-8-6-18-7-9-19;/h2-5,10-11,16,18H,6-9H2,1H3;1H/t16-;/m1./s1. The lowest BCUT2D eigenvalue weighted by molar-refractivity contribution is 0.200. The van der Waals surface area contributed by atoms with Crippen LogP contribution in [0.4, 0.5) is 4.39 Å². The number of hydrogen-bond donors (Lipinski definition) is 1. The molecular weight excluding hydrogens is 307 g/mol. The molecular formula is C16H20ClFN2S. The number of hydrogen-bond acceptors (Lipinski definition) is 3. The summed E-state index contributed by atoms with van der Waals surface area (Å²) in [6.07, 6.45) is 0. The van der Waals surface area contributed by atoms with E-state index in [0.29, 0.717) is 0 Å². The third kappa shape index (κ3) is 3.64. The molecule has 114 valence electrons. The topological polar surface area (TPSA) is 15.3 Å². The van der Waals surface area contributed by atoms with E-state index in [2.05, 4.69) is 27.7 Å². The van der Waals surface area contributed by atoms with Crippen LogP contribution in [-0.4, -0.2) is 31.1 Å². The summed E-state index contributed by atoms with van der Waals surface area (Å²) < 4.78 is 13.4. The van der Waals surface area contributed by atoms with Gasteiger partial charge in [-0.25, -0.2) is 4.39 Å². The van der Waals surface area contributed by atoms with Gasteiger partial charge in [0.25, 0.3) is 0 Å². The Balaban J connectivity index is 0.00000161. The fourth-order valence-electron chi connectivity index (χ4n) is 2.86. The van der Waals surface area contributed by atoms with E-state index in [4.69, 9.17) is 0 Å². The van der Waals surface area contributed by atoms with Gasteiger partial charge in [0.15, 0.2) is 0 Å². The number of halogens is 2. The Morgan fingerprint density at radius 2 is 2.00 bits per heavy atom. The van der Waals surface area contributed by atoms with Crippen LogP contribution < -0.4 is 5.32 Å². The normalized spacial score (nSPS) is 17.2. The number of rotatable bonds is 3. The van der Waals surface area contributed by atoms with Gasteiger partial charge in [-0.3, -0.25) is 4.90 Å². The zero-order valence-corrected chi connectivity index (χ0v) is 13.6. The summed E-state index contributed by atoms with van der Waals surface area (Å²) >= 11 is 1.78. The number of nitrogens with one attached hydrogen (secondary N) is 1. The molecule has 0 amide bonds. The maximum Gasteiger partial charge on any atom is 0.123 e. The maximum atomic E-state index is 13.4. The van der Waals surface area contributed by atoms with Crippen LogP contribution in [0.1, 0.15) is 22.0 Å². The Bertz CT molecular complexity index is 568. The van der Waals surface area contributed by atoms with E-state index < -0.39 is 0 Å². The van der Waals surface area contributed by atoms with E-state index in [9.17, 15) is 4.39 Å². The predicted octanol–water partition coefficient (Wildman–Crippen LogP) is 3.61. The summed E-state index contributed by atoms with van der Waals surface area (Å²) in [5.74, 6) is -0.156. The molecule has 1 saturated heterocycles. The fraction of sp³-hybridized carbons (Fsp3) is 0.375. The molecule has 5 heteroatoms. The lowest BCUT2D eigenvalue weighted by Crippen LogP contribution is -2.45. The molecule has 21 heavy (non-hydrogen) atoms. The van der Waals surface area contributed by atoms with Gasteiger partial charge in [0.05, 0.1) is 6.04 Å². The van der Waals surface area contributed by atoms with Crippen LogP contribution in [0.3, 0.4) is 0 Å². The van der Waals surface area contributed by atoms with Crippen molar-refractivity contribution in [3.8, 4) is 0 Å². The van der Waals surface area contributed by atoms with E-state index in [1.807, 2.05) is 13.0 Å².